The van der Waals surface area contributed by atoms with Crippen molar-refractivity contribution in [3.63, 3.8) is 0 Å². The molecule has 1 aromatic carbocycles. The maximum atomic E-state index is 12.1. The van der Waals surface area contributed by atoms with Crippen LogP contribution < -0.4 is 20.7 Å². The van der Waals surface area contributed by atoms with Gasteiger partial charge in [-0.2, -0.15) is 13.2 Å². The molecule has 3 amide bonds. The first-order chi connectivity index (χ1) is 12.1. The van der Waals surface area contributed by atoms with E-state index in [1.807, 2.05) is 13.8 Å². The Hall–Kier alpha value is -2.45. The monoisotopic (exact) mass is 375 g/mol. The minimum Gasteiger partial charge on any atom is -0.484 e. The first-order valence-corrected chi connectivity index (χ1v) is 8.17. The molecule has 146 valence electrons. The van der Waals surface area contributed by atoms with Crippen LogP contribution in [0, 0.1) is 5.92 Å². The molecule has 1 atom stereocenters. The van der Waals surface area contributed by atoms with Crippen LogP contribution >= 0.6 is 0 Å². The van der Waals surface area contributed by atoms with Crippen LogP contribution in [0.15, 0.2) is 24.3 Å². The van der Waals surface area contributed by atoms with Gasteiger partial charge in [-0.15, -0.1) is 0 Å². The second kappa shape index (κ2) is 9.88. The maximum absolute atomic E-state index is 12.1. The second-order valence-electron chi connectivity index (χ2n) is 6.22. The molecule has 3 N–H and O–H groups in total. The number of alkyl halides is 3. The normalized spacial score (nSPS) is 12.4. The Balaban J connectivity index is 2.40. The molecule has 0 spiro atoms. The Labute approximate surface area is 150 Å². The molecule has 6 nitrogen and oxygen atoms in total. The smallest absolute Gasteiger partial charge is 0.422 e. The molecular weight excluding hydrogens is 351 g/mol. The summed E-state index contributed by atoms with van der Waals surface area (Å²) >= 11 is 0. The van der Waals surface area contributed by atoms with Gasteiger partial charge in [0.2, 0.25) is 5.91 Å². The Kier molecular flexibility index (Phi) is 8.21. The predicted molar refractivity (Wildman–Crippen MR) is 90.8 cm³/mol. The highest BCUT2D eigenvalue weighted by Crippen LogP contribution is 2.20. The maximum Gasteiger partial charge on any atom is 0.422 e. The number of hydrogen-bond acceptors (Lipinski definition) is 3. The topological polar surface area (TPSA) is 79.5 Å². The molecule has 1 unspecified atom stereocenters. The van der Waals surface area contributed by atoms with Crippen LogP contribution in [0.5, 0.6) is 5.75 Å². The van der Waals surface area contributed by atoms with Crippen molar-refractivity contribution >= 4 is 11.9 Å². The lowest BCUT2D eigenvalue weighted by atomic mass is 10.1. The van der Waals surface area contributed by atoms with E-state index in [2.05, 4.69) is 20.7 Å². The van der Waals surface area contributed by atoms with Crippen LogP contribution in [-0.4, -0.2) is 37.8 Å². The Morgan fingerprint density at radius 2 is 1.69 bits per heavy atom. The van der Waals surface area contributed by atoms with E-state index in [4.69, 9.17) is 0 Å². The molecule has 0 saturated heterocycles. The largest absolute Gasteiger partial charge is 0.484 e. The van der Waals surface area contributed by atoms with Gasteiger partial charge in [-0.3, -0.25) is 4.79 Å². The van der Waals surface area contributed by atoms with Gasteiger partial charge in [0.1, 0.15) is 5.75 Å². The summed E-state index contributed by atoms with van der Waals surface area (Å²) in [4.78, 5) is 23.3. The number of amides is 3. The first-order valence-electron chi connectivity index (χ1n) is 8.17. The van der Waals surface area contributed by atoms with Crippen molar-refractivity contribution in [1.29, 1.82) is 0 Å². The van der Waals surface area contributed by atoms with Crippen molar-refractivity contribution in [2.75, 3.05) is 19.7 Å². The number of hydrogen-bond donors (Lipinski definition) is 3. The second-order valence-corrected chi connectivity index (χ2v) is 6.22. The lowest BCUT2D eigenvalue weighted by molar-refractivity contribution is -0.153. The van der Waals surface area contributed by atoms with Crippen LogP contribution in [0.4, 0.5) is 18.0 Å². The highest BCUT2D eigenvalue weighted by atomic mass is 19.4. The van der Waals surface area contributed by atoms with E-state index in [0.29, 0.717) is 18.0 Å². The Morgan fingerprint density at radius 1 is 1.08 bits per heavy atom. The van der Waals surface area contributed by atoms with E-state index in [-0.39, 0.29) is 18.2 Å². The molecule has 0 aliphatic carbocycles. The number of carbonyl (C=O) groups excluding carboxylic acids is 2. The van der Waals surface area contributed by atoms with Gasteiger partial charge >= 0.3 is 12.2 Å². The van der Waals surface area contributed by atoms with E-state index in [0.717, 1.165) is 0 Å². The van der Waals surface area contributed by atoms with Crippen LogP contribution in [0.2, 0.25) is 0 Å². The molecule has 0 aromatic heterocycles. The van der Waals surface area contributed by atoms with Crippen molar-refractivity contribution in [3.8, 4) is 5.75 Å². The van der Waals surface area contributed by atoms with Crippen molar-refractivity contribution < 1.29 is 27.5 Å². The van der Waals surface area contributed by atoms with Crippen molar-refractivity contribution in [2.24, 2.45) is 5.92 Å². The summed E-state index contributed by atoms with van der Waals surface area (Å²) in [6.45, 7) is 4.66. The summed E-state index contributed by atoms with van der Waals surface area (Å²) in [5.41, 5.74) is 0.684. The average molecular weight is 375 g/mol. The van der Waals surface area contributed by atoms with Gasteiger partial charge in [-0.05, 0) is 30.5 Å². The van der Waals surface area contributed by atoms with Crippen LogP contribution in [0.1, 0.15) is 32.4 Å². The molecule has 0 bridgehead atoms. The zero-order chi connectivity index (χ0) is 19.7. The number of urea groups is 1. The van der Waals surface area contributed by atoms with Gasteiger partial charge in [0, 0.05) is 6.54 Å². The average Bonchev–Trinajstić information content (AvgIpc) is 2.56. The van der Waals surface area contributed by atoms with Gasteiger partial charge in [0.25, 0.3) is 0 Å². The van der Waals surface area contributed by atoms with Gasteiger partial charge in [-0.1, -0.05) is 26.0 Å². The summed E-state index contributed by atoms with van der Waals surface area (Å²) in [6, 6.07) is 5.00. The lowest BCUT2D eigenvalue weighted by Crippen LogP contribution is -2.43. The number of rotatable bonds is 8. The molecular formula is C17H24F3N3O3. The molecule has 0 fully saturated rings. The van der Waals surface area contributed by atoms with Crippen LogP contribution in [0.3, 0.4) is 0 Å². The SMILES string of the molecule is CC(C)CNC(=O)CNC(=O)NC(C)c1ccc(OCC(F)(F)F)cc1. The van der Waals surface area contributed by atoms with Gasteiger partial charge < -0.3 is 20.7 Å². The van der Waals surface area contributed by atoms with Crippen LogP contribution in [0.25, 0.3) is 0 Å². The third kappa shape index (κ3) is 9.14. The fourth-order valence-electron chi connectivity index (χ4n) is 1.89. The molecule has 1 aromatic rings. The van der Waals surface area contributed by atoms with Crippen molar-refractivity contribution in [3.05, 3.63) is 29.8 Å². The number of benzene rings is 1. The predicted octanol–water partition coefficient (Wildman–Crippen LogP) is 2.76. The van der Waals surface area contributed by atoms with Crippen molar-refractivity contribution in [2.45, 2.75) is 33.0 Å². The molecule has 0 aliphatic rings. The summed E-state index contributed by atoms with van der Waals surface area (Å²) in [7, 11) is 0. The Morgan fingerprint density at radius 3 is 2.23 bits per heavy atom. The van der Waals surface area contributed by atoms with Gasteiger partial charge in [-0.25, -0.2) is 4.79 Å². The summed E-state index contributed by atoms with van der Waals surface area (Å²) in [5.74, 6) is 0.119. The highest BCUT2D eigenvalue weighted by molar-refractivity contribution is 5.84. The first kappa shape index (κ1) is 21.6. The van der Waals surface area contributed by atoms with E-state index < -0.39 is 24.9 Å². The summed E-state index contributed by atoms with van der Waals surface area (Å²) < 4.78 is 40.9. The molecule has 1 rings (SSSR count). The van der Waals surface area contributed by atoms with Crippen molar-refractivity contribution in [1.82, 2.24) is 16.0 Å². The highest BCUT2D eigenvalue weighted by Gasteiger charge is 2.28. The fourth-order valence-corrected chi connectivity index (χ4v) is 1.89. The minimum absolute atomic E-state index is 0.0875. The molecule has 9 heteroatoms. The molecule has 0 aliphatic heterocycles. The number of nitrogens with one attached hydrogen (secondary N) is 3. The molecule has 0 radical (unpaired) electrons. The zero-order valence-electron chi connectivity index (χ0n) is 14.9. The van der Waals surface area contributed by atoms with Crippen LogP contribution in [-0.2, 0) is 4.79 Å². The quantitative estimate of drug-likeness (QED) is 0.654. The van der Waals surface area contributed by atoms with E-state index in [1.54, 1.807) is 19.1 Å². The van der Waals surface area contributed by atoms with E-state index in [1.165, 1.54) is 12.1 Å². The van der Waals surface area contributed by atoms with E-state index >= 15 is 0 Å². The standard InChI is InChI=1S/C17H24F3N3O3/c1-11(2)8-21-15(24)9-22-16(25)23-12(3)13-4-6-14(7-5-13)26-10-17(18,19)20/h4-7,11-12H,8-10H2,1-3H3,(H,21,24)(H2,22,23,25). The molecule has 26 heavy (non-hydrogen) atoms. The summed E-state index contributed by atoms with van der Waals surface area (Å²) in [6.07, 6.45) is -4.40. The van der Waals surface area contributed by atoms with Gasteiger partial charge in [0.05, 0.1) is 12.6 Å². The Bertz CT molecular complexity index is 589. The number of carbonyl (C=O) groups is 2. The summed E-state index contributed by atoms with van der Waals surface area (Å²) in [5, 5.41) is 7.76. The minimum atomic E-state index is -4.40. The lowest BCUT2D eigenvalue weighted by Gasteiger charge is -2.16. The third-order valence-corrected chi connectivity index (χ3v) is 3.25. The van der Waals surface area contributed by atoms with Gasteiger partial charge in [0.15, 0.2) is 6.61 Å². The fraction of sp³-hybridized carbons (Fsp3) is 0.529. The molecule has 0 saturated carbocycles. The zero-order valence-corrected chi connectivity index (χ0v) is 14.9. The van der Waals surface area contributed by atoms with E-state index in [9.17, 15) is 22.8 Å². The molecule has 0 heterocycles. The number of ether oxygens (including phenoxy) is 1. The number of halogens is 3. The third-order valence-electron chi connectivity index (χ3n) is 3.25.